The summed E-state index contributed by atoms with van der Waals surface area (Å²) in [5.41, 5.74) is 1.61. The predicted molar refractivity (Wildman–Crippen MR) is 118 cm³/mol. The monoisotopic (exact) mass is 404 g/mol. The molecule has 0 fully saturated rings. The van der Waals surface area contributed by atoms with Crippen LogP contribution in [0.4, 0.5) is 11.4 Å². The minimum atomic E-state index is -0.269. The van der Waals surface area contributed by atoms with Crippen LogP contribution >= 0.6 is 0 Å². The van der Waals surface area contributed by atoms with E-state index in [1.807, 2.05) is 67.7 Å². The highest BCUT2D eigenvalue weighted by Gasteiger charge is 2.15. The number of amides is 2. The Labute approximate surface area is 176 Å². The molecule has 6 nitrogen and oxygen atoms in total. The van der Waals surface area contributed by atoms with E-state index in [0.29, 0.717) is 30.1 Å². The quantitative estimate of drug-likeness (QED) is 0.513. The number of anilines is 2. The zero-order chi connectivity index (χ0) is 21.2. The molecule has 1 atom stereocenters. The lowest BCUT2D eigenvalue weighted by molar-refractivity contribution is -0.871. The number of carbonyl (C=O) groups excluding carboxylic acids is 2. The number of ether oxygens (including phenoxy) is 1. The molecule has 6 heteroatoms. The molecule has 0 saturated heterocycles. The fraction of sp³-hybridized carbons (Fsp3) is 0.167. The van der Waals surface area contributed by atoms with Crippen molar-refractivity contribution in [3.05, 3.63) is 90.5 Å². The summed E-state index contributed by atoms with van der Waals surface area (Å²) in [5.74, 6) is 0.384. The van der Waals surface area contributed by atoms with Gasteiger partial charge in [-0.1, -0.05) is 48.5 Å². The van der Waals surface area contributed by atoms with Crippen molar-refractivity contribution in [1.82, 2.24) is 0 Å². The molecular formula is C24H26N3O3+. The van der Waals surface area contributed by atoms with E-state index in [9.17, 15) is 9.59 Å². The number of benzene rings is 3. The van der Waals surface area contributed by atoms with Gasteiger partial charge in [0.05, 0.1) is 18.3 Å². The Morgan fingerprint density at radius 3 is 2.20 bits per heavy atom. The molecule has 0 bridgehead atoms. The minimum absolute atomic E-state index is 0.160. The third-order valence-corrected chi connectivity index (χ3v) is 4.48. The lowest BCUT2D eigenvalue weighted by Crippen LogP contribution is -3.10. The average Bonchev–Trinajstić information content (AvgIpc) is 2.75. The van der Waals surface area contributed by atoms with Crippen LogP contribution in [0, 0.1) is 0 Å². The molecule has 3 rings (SSSR count). The van der Waals surface area contributed by atoms with Crippen molar-refractivity contribution < 1.29 is 19.2 Å². The first kappa shape index (κ1) is 21.1. The topological polar surface area (TPSA) is 71.9 Å². The third kappa shape index (κ3) is 6.46. The Balaban J connectivity index is 1.51. The molecule has 0 aliphatic rings. The van der Waals surface area contributed by atoms with Crippen LogP contribution in [0.1, 0.15) is 10.4 Å². The van der Waals surface area contributed by atoms with Crippen LogP contribution in [0.5, 0.6) is 5.75 Å². The predicted octanol–water partition coefficient (Wildman–Crippen LogP) is 2.47. The van der Waals surface area contributed by atoms with E-state index in [4.69, 9.17) is 4.74 Å². The van der Waals surface area contributed by atoms with Gasteiger partial charge in [-0.05, 0) is 36.4 Å². The van der Waals surface area contributed by atoms with Crippen molar-refractivity contribution >= 4 is 23.2 Å². The molecule has 3 aromatic rings. The zero-order valence-electron chi connectivity index (χ0n) is 16.9. The summed E-state index contributed by atoms with van der Waals surface area (Å²) in [4.78, 5) is 26.1. The Morgan fingerprint density at radius 2 is 1.47 bits per heavy atom. The van der Waals surface area contributed by atoms with Gasteiger partial charge in [-0.3, -0.25) is 9.59 Å². The average molecular weight is 404 g/mol. The highest BCUT2D eigenvalue weighted by Crippen LogP contribution is 2.17. The fourth-order valence-corrected chi connectivity index (χ4v) is 2.93. The zero-order valence-corrected chi connectivity index (χ0v) is 16.9. The minimum Gasteiger partial charge on any atom is -0.488 e. The van der Waals surface area contributed by atoms with Crippen molar-refractivity contribution in [3.8, 4) is 5.75 Å². The van der Waals surface area contributed by atoms with Crippen LogP contribution in [0.25, 0.3) is 0 Å². The van der Waals surface area contributed by atoms with E-state index in [2.05, 4.69) is 10.6 Å². The second kappa shape index (κ2) is 10.8. The van der Waals surface area contributed by atoms with Crippen LogP contribution in [0.3, 0.4) is 0 Å². The van der Waals surface area contributed by atoms with Gasteiger partial charge in [0.2, 0.25) is 0 Å². The van der Waals surface area contributed by atoms with E-state index < -0.39 is 0 Å². The number of hydrogen-bond acceptors (Lipinski definition) is 3. The van der Waals surface area contributed by atoms with Crippen LogP contribution in [-0.4, -0.2) is 38.6 Å². The molecule has 0 aromatic heterocycles. The first-order valence-electron chi connectivity index (χ1n) is 9.86. The number of quaternary nitrogens is 1. The largest absolute Gasteiger partial charge is 0.488 e. The van der Waals surface area contributed by atoms with E-state index in [1.165, 1.54) is 0 Å². The molecule has 0 aliphatic heterocycles. The lowest BCUT2D eigenvalue weighted by atomic mass is 10.1. The second-order valence-electron chi connectivity index (χ2n) is 6.96. The lowest BCUT2D eigenvalue weighted by Gasteiger charge is -2.15. The smallest absolute Gasteiger partial charge is 0.279 e. The molecule has 1 unspecified atom stereocenters. The number of hydrogen-bond donors (Lipinski definition) is 3. The van der Waals surface area contributed by atoms with Crippen molar-refractivity contribution in [2.45, 2.75) is 0 Å². The number of para-hydroxylation sites is 3. The van der Waals surface area contributed by atoms with Crippen molar-refractivity contribution in [2.75, 3.05) is 37.4 Å². The summed E-state index contributed by atoms with van der Waals surface area (Å²) in [6, 6.07) is 25.8. The van der Waals surface area contributed by atoms with Crippen molar-refractivity contribution in [1.29, 1.82) is 0 Å². The van der Waals surface area contributed by atoms with E-state index >= 15 is 0 Å². The molecule has 0 radical (unpaired) electrons. The van der Waals surface area contributed by atoms with Crippen molar-refractivity contribution in [2.24, 2.45) is 0 Å². The first-order chi connectivity index (χ1) is 14.6. The van der Waals surface area contributed by atoms with Gasteiger partial charge in [0, 0.05) is 5.69 Å². The van der Waals surface area contributed by atoms with E-state index in [0.717, 1.165) is 10.6 Å². The SMILES string of the molecule is C[NH+](CCOc1ccccc1)CC(=O)Nc1ccccc1C(=O)Nc1ccccc1. The van der Waals surface area contributed by atoms with Gasteiger partial charge in [-0.15, -0.1) is 0 Å². The first-order valence-corrected chi connectivity index (χ1v) is 9.86. The Bertz CT molecular complexity index is 962. The molecular weight excluding hydrogens is 378 g/mol. The summed E-state index contributed by atoms with van der Waals surface area (Å²) >= 11 is 0. The Hall–Kier alpha value is -3.64. The molecule has 154 valence electrons. The molecule has 0 aliphatic carbocycles. The van der Waals surface area contributed by atoms with Gasteiger partial charge >= 0.3 is 0 Å². The molecule has 3 aromatic carbocycles. The summed E-state index contributed by atoms with van der Waals surface area (Å²) in [7, 11) is 1.93. The summed E-state index contributed by atoms with van der Waals surface area (Å²) in [5, 5.41) is 5.70. The number of carbonyl (C=O) groups is 2. The number of rotatable bonds is 9. The maximum atomic E-state index is 12.6. The third-order valence-electron chi connectivity index (χ3n) is 4.48. The van der Waals surface area contributed by atoms with Crippen LogP contribution in [-0.2, 0) is 4.79 Å². The maximum absolute atomic E-state index is 12.6. The molecule has 30 heavy (non-hydrogen) atoms. The standard InChI is InChI=1S/C24H25N3O3/c1-27(16-17-30-20-12-6-3-7-13-20)18-23(28)26-22-15-9-8-14-21(22)24(29)25-19-10-4-2-5-11-19/h2-15H,16-18H2,1H3,(H,25,29)(H,26,28)/p+1. The molecule has 0 saturated carbocycles. The Morgan fingerprint density at radius 1 is 0.833 bits per heavy atom. The van der Waals surface area contributed by atoms with E-state index in [-0.39, 0.29) is 18.4 Å². The second-order valence-corrected chi connectivity index (χ2v) is 6.96. The van der Waals surface area contributed by atoms with Gasteiger partial charge in [-0.25, -0.2) is 0 Å². The van der Waals surface area contributed by atoms with Gasteiger partial charge < -0.3 is 20.3 Å². The van der Waals surface area contributed by atoms with Crippen LogP contribution in [0.2, 0.25) is 0 Å². The maximum Gasteiger partial charge on any atom is 0.279 e. The summed E-state index contributed by atoms with van der Waals surface area (Å²) in [6.45, 7) is 1.46. The van der Waals surface area contributed by atoms with Gasteiger partial charge in [0.1, 0.15) is 18.9 Å². The van der Waals surface area contributed by atoms with Gasteiger partial charge in [-0.2, -0.15) is 0 Å². The number of nitrogens with one attached hydrogen (secondary N) is 3. The highest BCUT2D eigenvalue weighted by molar-refractivity contribution is 6.10. The fourth-order valence-electron chi connectivity index (χ4n) is 2.93. The summed E-state index contributed by atoms with van der Waals surface area (Å²) < 4.78 is 5.68. The van der Waals surface area contributed by atoms with Gasteiger partial charge in [0.15, 0.2) is 6.54 Å². The van der Waals surface area contributed by atoms with Crippen LogP contribution in [0.15, 0.2) is 84.9 Å². The number of likely N-dealkylation sites (N-methyl/N-ethyl adjacent to an activating group) is 1. The molecule has 3 N–H and O–H groups in total. The highest BCUT2D eigenvalue weighted by atomic mass is 16.5. The molecule has 0 heterocycles. The van der Waals surface area contributed by atoms with Gasteiger partial charge in [0.25, 0.3) is 11.8 Å². The van der Waals surface area contributed by atoms with Crippen molar-refractivity contribution in [3.63, 3.8) is 0 Å². The molecule has 2 amide bonds. The summed E-state index contributed by atoms with van der Waals surface area (Å²) in [6.07, 6.45) is 0. The molecule has 0 spiro atoms. The normalized spacial score (nSPS) is 11.4. The van der Waals surface area contributed by atoms with E-state index in [1.54, 1.807) is 24.3 Å². The Kier molecular flexibility index (Phi) is 7.58. The van der Waals surface area contributed by atoms with Crippen LogP contribution < -0.4 is 20.3 Å².